The number of halogens is 1. The number of urea groups is 1. The maximum Gasteiger partial charge on any atom is 0.319 e. The van der Waals surface area contributed by atoms with Gasteiger partial charge in [-0.2, -0.15) is 0 Å². The highest BCUT2D eigenvalue weighted by Crippen LogP contribution is 2.16. The van der Waals surface area contributed by atoms with Crippen LogP contribution in [0.5, 0.6) is 0 Å². The Hall–Kier alpha value is -2.89. The first-order valence-corrected chi connectivity index (χ1v) is 7.98. The average Bonchev–Trinajstić information content (AvgIpc) is 2.56. The van der Waals surface area contributed by atoms with Crippen molar-refractivity contribution in [2.24, 2.45) is 0 Å². The fourth-order valence-corrected chi connectivity index (χ4v) is 2.37. The zero-order valence-corrected chi connectivity index (χ0v) is 14.6. The minimum absolute atomic E-state index is 0.0761. The van der Waals surface area contributed by atoms with Crippen molar-refractivity contribution in [3.8, 4) is 0 Å². The van der Waals surface area contributed by atoms with E-state index in [-0.39, 0.29) is 17.8 Å². The lowest BCUT2D eigenvalue weighted by Crippen LogP contribution is -2.30. The zero-order valence-electron chi connectivity index (χ0n) is 14.6. The molecule has 0 saturated heterocycles. The molecule has 25 heavy (non-hydrogen) atoms. The molecule has 5 nitrogen and oxygen atoms in total. The molecule has 0 spiro atoms. The standard InChI is InChI=1S/C19H22FN3O2/c1-13-12-16(8-9-17(13)18(24)23(2)3)22-19(25)21-11-10-14-4-6-15(20)7-5-14/h4-9,12H,10-11H2,1-3H3,(H2,21,22,25). The highest BCUT2D eigenvalue weighted by molar-refractivity contribution is 5.96. The first-order chi connectivity index (χ1) is 11.9. The van der Waals surface area contributed by atoms with E-state index in [1.54, 1.807) is 44.4 Å². The molecule has 0 aromatic heterocycles. The number of nitrogens with one attached hydrogen (secondary N) is 2. The molecule has 0 unspecified atom stereocenters. The van der Waals surface area contributed by atoms with E-state index in [9.17, 15) is 14.0 Å². The number of aryl methyl sites for hydroxylation is 1. The second-order valence-electron chi connectivity index (χ2n) is 5.99. The molecule has 0 aliphatic rings. The van der Waals surface area contributed by atoms with Gasteiger partial charge in [0.25, 0.3) is 5.91 Å². The molecule has 2 aromatic carbocycles. The molecule has 0 bridgehead atoms. The summed E-state index contributed by atoms with van der Waals surface area (Å²) in [4.78, 5) is 25.4. The largest absolute Gasteiger partial charge is 0.345 e. The molecule has 0 aliphatic heterocycles. The smallest absolute Gasteiger partial charge is 0.319 e. The third-order valence-corrected chi connectivity index (χ3v) is 3.73. The second kappa shape index (κ2) is 8.28. The van der Waals surface area contributed by atoms with Gasteiger partial charge in [-0.25, -0.2) is 9.18 Å². The van der Waals surface area contributed by atoms with E-state index in [0.717, 1.165) is 11.1 Å². The van der Waals surface area contributed by atoms with Crippen LogP contribution in [0.25, 0.3) is 0 Å². The summed E-state index contributed by atoms with van der Waals surface area (Å²) < 4.78 is 12.8. The van der Waals surface area contributed by atoms with Crippen molar-refractivity contribution < 1.29 is 14.0 Å². The van der Waals surface area contributed by atoms with Crippen LogP contribution >= 0.6 is 0 Å². The van der Waals surface area contributed by atoms with Crippen LogP contribution in [0.3, 0.4) is 0 Å². The fraction of sp³-hybridized carbons (Fsp3) is 0.263. The van der Waals surface area contributed by atoms with Crippen molar-refractivity contribution in [1.82, 2.24) is 10.2 Å². The van der Waals surface area contributed by atoms with Gasteiger partial charge in [0, 0.05) is 31.9 Å². The number of carbonyl (C=O) groups is 2. The van der Waals surface area contributed by atoms with Crippen LogP contribution in [0.15, 0.2) is 42.5 Å². The predicted molar refractivity (Wildman–Crippen MR) is 96.3 cm³/mol. The Balaban J connectivity index is 1.87. The summed E-state index contributed by atoms with van der Waals surface area (Å²) in [7, 11) is 3.39. The van der Waals surface area contributed by atoms with Crippen LogP contribution in [0.1, 0.15) is 21.5 Å². The fourth-order valence-electron chi connectivity index (χ4n) is 2.37. The molecular weight excluding hydrogens is 321 g/mol. The maximum atomic E-state index is 12.8. The summed E-state index contributed by atoms with van der Waals surface area (Å²) in [6, 6.07) is 11.0. The molecule has 0 aliphatic carbocycles. The second-order valence-corrected chi connectivity index (χ2v) is 5.99. The molecule has 0 saturated carbocycles. The Morgan fingerprint density at radius 2 is 1.76 bits per heavy atom. The minimum atomic E-state index is -0.326. The van der Waals surface area contributed by atoms with E-state index in [1.807, 2.05) is 6.92 Å². The lowest BCUT2D eigenvalue weighted by atomic mass is 10.1. The molecule has 2 N–H and O–H groups in total. The summed E-state index contributed by atoms with van der Waals surface area (Å²) >= 11 is 0. The quantitative estimate of drug-likeness (QED) is 0.876. The molecule has 6 heteroatoms. The summed E-state index contributed by atoms with van der Waals surface area (Å²) in [6.45, 7) is 2.27. The van der Waals surface area contributed by atoms with Gasteiger partial charge >= 0.3 is 6.03 Å². The first kappa shape index (κ1) is 18.4. The summed E-state index contributed by atoms with van der Waals surface area (Å²) in [5, 5.41) is 5.49. The first-order valence-electron chi connectivity index (χ1n) is 7.98. The van der Waals surface area contributed by atoms with Gasteiger partial charge in [0.05, 0.1) is 0 Å². The molecule has 0 fully saturated rings. The number of nitrogens with zero attached hydrogens (tertiary/aromatic N) is 1. The van der Waals surface area contributed by atoms with Gasteiger partial charge < -0.3 is 15.5 Å². The van der Waals surface area contributed by atoms with Gasteiger partial charge in [-0.3, -0.25) is 4.79 Å². The molecule has 0 atom stereocenters. The zero-order chi connectivity index (χ0) is 18.4. The van der Waals surface area contributed by atoms with Crippen molar-refractivity contribution in [3.05, 3.63) is 65.0 Å². The summed E-state index contributed by atoms with van der Waals surface area (Å²) in [5.41, 5.74) is 2.96. The van der Waals surface area contributed by atoms with Gasteiger partial charge in [-0.05, 0) is 54.8 Å². The van der Waals surface area contributed by atoms with Gasteiger partial charge in [0.15, 0.2) is 0 Å². The lowest BCUT2D eigenvalue weighted by Gasteiger charge is -2.14. The van der Waals surface area contributed by atoms with E-state index < -0.39 is 0 Å². The molecule has 0 heterocycles. The van der Waals surface area contributed by atoms with Crippen LogP contribution in [0.4, 0.5) is 14.9 Å². The SMILES string of the molecule is Cc1cc(NC(=O)NCCc2ccc(F)cc2)ccc1C(=O)N(C)C. The molecule has 132 valence electrons. The Morgan fingerprint density at radius 1 is 1.08 bits per heavy atom. The monoisotopic (exact) mass is 343 g/mol. The van der Waals surface area contributed by atoms with Crippen LogP contribution in [0.2, 0.25) is 0 Å². The number of benzene rings is 2. The number of hydrogen-bond acceptors (Lipinski definition) is 2. The number of amides is 3. The van der Waals surface area contributed by atoms with Gasteiger partial charge in [-0.15, -0.1) is 0 Å². The van der Waals surface area contributed by atoms with Gasteiger partial charge in [-0.1, -0.05) is 12.1 Å². The predicted octanol–water partition coefficient (Wildman–Crippen LogP) is 3.20. The third-order valence-electron chi connectivity index (χ3n) is 3.73. The number of hydrogen-bond donors (Lipinski definition) is 2. The summed E-state index contributed by atoms with van der Waals surface area (Å²) in [5.74, 6) is -0.353. The Morgan fingerprint density at radius 3 is 2.36 bits per heavy atom. The van der Waals surface area contributed by atoms with E-state index in [2.05, 4.69) is 10.6 Å². The maximum absolute atomic E-state index is 12.8. The molecular formula is C19H22FN3O2. The van der Waals surface area contributed by atoms with Crippen LogP contribution in [0, 0.1) is 12.7 Å². The highest BCUT2D eigenvalue weighted by atomic mass is 19.1. The van der Waals surface area contributed by atoms with Gasteiger partial charge in [0.1, 0.15) is 5.82 Å². The van der Waals surface area contributed by atoms with Crippen molar-refractivity contribution in [3.63, 3.8) is 0 Å². The molecule has 3 amide bonds. The van der Waals surface area contributed by atoms with Crippen molar-refractivity contribution in [2.45, 2.75) is 13.3 Å². The molecule has 0 radical (unpaired) electrons. The van der Waals surface area contributed by atoms with Crippen molar-refractivity contribution in [2.75, 3.05) is 26.0 Å². The van der Waals surface area contributed by atoms with E-state index in [0.29, 0.717) is 24.2 Å². The van der Waals surface area contributed by atoms with E-state index in [4.69, 9.17) is 0 Å². The van der Waals surface area contributed by atoms with Crippen LogP contribution < -0.4 is 10.6 Å². The Labute approximate surface area is 146 Å². The normalized spacial score (nSPS) is 10.2. The third kappa shape index (κ3) is 5.31. The number of anilines is 1. The number of carbonyl (C=O) groups excluding carboxylic acids is 2. The molecule has 2 aromatic rings. The number of rotatable bonds is 5. The average molecular weight is 343 g/mol. The van der Waals surface area contributed by atoms with Gasteiger partial charge in [0.2, 0.25) is 0 Å². The summed E-state index contributed by atoms with van der Waals surface area (Å²) in [6.07, 6.45) is 0.614. The van der Waals surface area contributed by atoms with E-state index >= 15 is 0 Å². The topological polar surface area (TPSA) is 61.4 Å². The van der Waals surface area contributed by atoms with Crippen molar-refractivity contribution >= 4 is 17.6 Å². The Bertz CT molecular complexity index is 758. The van der Waals surface area contributed by atoms with E-state index in [1.165, 1.54) is 17.0 Å². The van der Waals surface area contributed by atoms with Crippen molar-refractivity contribution in [1.29, 1.82) is 0 Å². The van der Waals surface area contributed by atoms with Crippen LogP contribution in [-0.4, -0.2) is 37.5 Å². The molecule has 2 rings (SSSR count). The Kier molecular flexibility index (Phi) is 6.11. The highest BCUT2D eigenvalue weighted by Gasteiger charge is 2.12. The van der Waals surface area contributed by atoms with Crippen LogP contribution in [-0.2, 0) is 6.42 Å². The minimum Gasteiger partial charge on any atom is -0.345 e. The lowest BCUT2D eigenvalue weighted by molar-refractivity contribution is 0.0827.